The molecule has 0 radical (unpaired) electrons. The number of halogens is 1. The summed E-state index contributed by atoms with van der Waals surface area (Å²) in [4.78, 5) is 20.0. The Hall–Kier alpha value is -1.21. The van der Waals surface area contributed by atoms with Gasteiger partial charge in [0.15, 0.2) is 0 Å². The fraction of sp³-hybridized carbons (Fsp3) is 0.643. The van der Waals surface area contributed by atoms with Crippen LogP contribution in [0.15, 0.2) is 16.9 Å². The molecule has 6 nitrogen and oxygen atoms in total. The second kappa shape index (κ2) is 7.17. The maximum atomic E-state index is 11.9. The fourth-order valence-electron chi connectivity index (χ4n) is 2.57. The maximum Gasteiger partial charge on any atom is 0.315 e. The Morgan fingerprint density at radius 2 is 2.00 bits per heavy atom. The van der Waals surface area contributed by atoms with Gasteiger partial charge in [0.05, 0.1) is 22.7 Å². The lowest BCUT2D eigenvalue weighted by Crippen LogP contribution is -2.54. The van der Waals surface area contributed by atoms with Crippen molar-refractivity contribution in [3.63, 3.8) is 0 Å². The van der Waals surface area contributed by atoms with Gasteiger partial charge in [-0.25, -0.2) is 14.8 Å². The summed E-state index contributed by atoms with van der Waals surface area (Å²) in [5.74, 6) is 0.539. The summed E-state index contributed by atoms with van der Waals surface area (Å²) in [5, 5.41) is 16.0. The minimum Gasteiger partial charge on any atom is -0.388 e. The fourth-order valence-corrected chi connectivity index (χ4v) is 2.77. The first-order chi connectivity index (χ1) is 9.99. The van der Waals surface area contributed by atoms with Gasteiger partial charge in [0, 0.05) is 12.4 Å². The number of aliphatic hydroxyl groups is 1. The molecule has 0 aliphatic heterocycles. The van der Waals surface area contributed by atoms with E-state index in [9.17, 15) is 9.90 Å². The third-order valence-electron chi connectivity index (χ3n) is 3.95. The van der Waals surface area contributed by atoms with E-state index in [1.165, 1.54) is 0 Å². The van der Waals surface area contributed by atoms with E-state index in [4.69, 9.17) is 0 Å². The average Bonchev–Trinajstić information content (AvgIpc) is 2.47. The number of rotatable bonds is 4. The van der Waals surface area contributed by atoms with Crippen LogP contribution in [-0.2, 0) is 6.54 Å². The Balaban J connectivity index is 1.79. The number of nitrogens with zero attached hydrogens (tertiary/aromatic N) is 2. The lowest BCUT2D eigenvalue weighted by atomic mass is 9.80. The summed E-state index contributed by atoms with van der Waals surface area (Å²) in [6.45, 7) is 2.10. The summed E-state index contributed by atoms with van der Waals surface area (Å²) < 4.78 is 0.795. The second-order valence-electron chi connectivity index (χ2n) is 5.53. The minimum atomic E-state index is -0.788. The standard InChI is InChI=1S/C14H21BrN4O2/c1-10(14(21)5-3-2-4-6-14)19-13(20)18-9-12-16-7-11(15)8-17-12/h7-8,10,21H,2-6,9H2,1H3,(H2,18,19,20). The van der Waals surface area contributed by atoms with Crippen LogP contribution in [0.5, 0.6) is 0 Å². The van der Waals surface area contributed by atoms with Crippen molar-refractivity contribution in [3.05, 3.63) is 22.7 Å². The van der Waals surface area contributed by atoms with Gasteiger partial charge >= 0.3 is 6.03 Å². The lowest BCUT2D eigenvalue weighted by molar-refractivity contribution is -0.0218. The molecule has 2 rings (SSSR count). The van der Waals surface area contributed by atoms with Crippen molar-refractivity contribution < 1.29 is 9.90 Å². The Labute approximate surface area is 132 Å². The van der Waals surface area contributed by atoms with E-state index in [0.717, 1.165) is 36.6 Å². The molecule has 3 N–H and O–H groups in total. The SMILES string of the molecule is CC(NC(=O)NCc1ncc(Br)cn1)C1(O)CCCCC1. The molecule has 1 aliphatic carbocycles. The number of nitrogens with one attached hydrogen (secondary N) is 2. The van der Waals surface area contributed by atoms with Gasteiger partial charge in [-0.3, -0.25) is 0 Å². The largest absolute Gasteiger partial charge is 0.388 e. The molecule has 1 saturated carbocycles. The monoisotopic (exact) mass is 356 g/mol. The zero-order valence-corrected chi connectivity index (χ0v) is 13.7. The lowest BCUT2D eigenvalue weighted by Gasteiger charge is -2.37. The average molecular weight is 357 g/mol. The maximum absolute atomic E-state index is 11.9. The molecule has 7 heteroatoms. The van der Waals surface area contributed by atoms with Gasteiger partial charge in [-0.05, 0) is 35.7 Å². The van der Waals surface area contributed by atoms with Gasteiger partial charge in [-0.1, -0.05) is 19.3 Å². The van der Waals surface area contributed by atoms with Crippen LogP contribution in [0.1, 0.15) is 44.9 Å². The summed E-state index contributed by atoms with van der Waals surface area (Å²) in [6.07, 6.45) is 7.93. The van der Waals surface area contributed by atoms with Crippen LogP contribution < -0.4 is 10.6 Å². The van der Waals surface area contributed by atoms with Crippen LogP contribution in [0.2, 0.25) is 0 Å². The normalized spacial score (nSPS) is 18.8. The molecule has 21 heavy (non-hydrogen) atoms. The molecule has 1 heterocycles. The summed E-state index contributed by atoms with van der Waals surface area (Å²) in [6, 6.07) is -0.586. The molecule has 1 aliphatic rings. The summed E-state index contributed by atoms with van der Waals surface area (Å²) in [7, 11) is 0. The molecule has 0 saturated heterocycles. The Bertz CT molecular complexity index is 474. The second-order valence-corrected chi connectivity index (χ2v) is 6.45. The number of aromatic nitrogens is 2. The molecule has 0 bridgehead atoms. The number of carbonyl (C=O) groups excluding carboxylic acids is 1. The summed E-state index contributed by atoms with van der Waals surface area (Å²) in [5.41, 5.74) is -0.788. The predicted molar refractivity (Wildman–Crippen MR) is 82.6 cm³/mol. The Kier molecular flexibility index (Phi) is 5.52. The highest BCUT2D eigenvalue weighted by Gasteiger charge is 2.35. The van der Waals surface area contributed by atoms with Crippen molar-refractivity contribution in [2.45, 2.75) is 57.2 Å². The Morgan fingerprint density at radius 3 is 2.62 bits per heavy atom. The number of amides is 2. The van der Waals surface area contributed by atoms with Crippen LogP contribution in [0.25, 0.3) is 0 Å². The van der Waals surface area contributed by atoms with E-state index in [2.05, 4.69) is 36.5 Å². The highest BCUT2D eigenvalue weighted by atomic mass is 79.9. The minimum absolute atomic E-state index is 0.254. The van der Waals surface area contributed by atoms with Crippen molar-refractivity contribution in [1.29, 1.82) is 0 Å². The van der Waals surface area contributed by atoms with Gasteiger partial charge in [-0.15, -0.1) is 0 Å². The molecule has 1 atom stereocenters. The predicted octanol–water partition coefficient (Wildman–Crippen LogP) is 2.12. The molecule has 0 aromatic carbocycles. The first-order valence-corrected chi connectivity index (χ1v) is 8.02. The first-order valence-electron chi connectivity index (χ1n) is 7.23. The van der Waals surface area contributed by atoms with E-state index in [0.29, 0.717) is 5.82 Å². The van der Waals surface area contributed by atoms with Gasteiger partial charge in [0.1, 0.15) is 5.82 Å². The number of carbonyl (C=O) groups is 1. The van der Waals surface area contributed by atoms with Crippen molar-refractivity contribution >= 4 is 22.0 Å². The first kappa shape index (κ1) is 16.2. The zero-order chi connectivity index (χ0) is 15.3. The third-order valence-corrected chi connectivity index (χ3v) is 4.36. The van der Waals surface area contributed by atoms with Crippen molar-refractivity contribution in [3.8, 4) is 0 Å². The van der Waals surface area contributed by atoms with Crippen LogP contribution >= 0.6 is 15.9 Å². The molecule has 0 spiro atoms. The molecule has 116 valence electrons. The van der Waals surface area contributed by atoms with Crippen LogP contribution in [0.3, 0.4) is 0 Å². The van der Waals surface area contributed by atoms with Gasteiger partial charge in [0.2, 0.25) is 0 Å². The zero-order valence-electron chi connectivity index (χ0n) is 12.1. The highest BCUT2D eigenvalue weighted by molar-refractivity contribution is 9.10. The van der Waals surface area contributed by atoms with Crippen molar-refractivity contribution in [1.82, 2.24) is 20.6 Å². The molecule has 1 aromatic heterocycles. The quantitative estimate of drug-likeness (QED) is 0.770. The number of hydrogen-bond donors (Lipinski definition) is 3. The van der Waals surface area contributed by atoms with E-state index in [1.54, 1.807) is 12.4 Å². The molecule has 1 fully saturated rings. The van der Waals surface area contributed by atoms with Gasteiger partial charge in [0.25, 0.3) is 0 Å². The van der Waals surface area contributed by atoms with Crippen molar-refractivity contribution in [2.24, 2.45) is 0 Å². The Morgan fingerprint density at radius 1 is 1.38 bits per heavy atom. The molecule has 1 aromatic rings. The van der Waals surface area contributed by atoms with E-state index >= 15 is 0 Å². The number of hydrogen-bond acceptors (Lipinski definition) is 4. The number of urea groups is 1. The topological polar surface area (TPSA) is 87.1 Å². The highest BCUT2D eigenvalue weighted by Crippen LogP contribution is 2.30. The smallest absolute Gasteiger partial charge is 0.315 e. The van der Waals surface area contributed by atoms with E-state index in [-0.39, 0.29) is 18.6 Å². The third kappa shape index (κ3) is 4.64. The van der Waals surface area contributed by atoms with Crippen LogP contribution in [0.4, 0.5) is 4.79 Å². The molecular weight excluding hydrogens is 336 g/mol. The van der Waals surface area contributed by atoms with Gasteiger partial charge < -0.3 is 15.7 Å². The van der Waals surface area contributed by atoms with Crippen LogP contribution in [-0.4, -0.2) is 32.7 Å². The van der Waals surface area contributed by atoms with Crippen molar-refractivity contribution in [2.75, 3.05) is 0 Å². The van der Waals surface area contributed by atoms with Gasteiger partial charge in [-0.2, -0.15) is 0 Å². The molecular formula is C14H21BrN4O2. The van der Waals surface area contributed by atoms with Crippen LogP contribution in [0, 0.1) is 0 Å². The van der Waals surface area contributed by atoms with E-state index in [1.807, 2.05) is 6.92 Å². The molecule has 2 amide bonds. The molecule has 1 unspecified atom stereocenters. The van der Waals surface area contributed by atoms with E-state index < -0.39 is 5.60 Å². The summed E-state index contributed by atoms with van der Waals surface area (Å²) >= 11 is 3.26.